The highest BCUT2D eigenvalue weighted by atomic mass is 16.1. The first-order valence-corrected chi connectivity index (χ1v) is 12.4. The van der Waals surface area contributed by atoms with Crippen LogP contribution in [-0.4, -0.2) is 12.3 Å². The Morgan fingerprint density at radius 1 is 0.794 bits per heavy atom. The van der Waals surface area contributed by atoms with Gasteiger partial charge in [0, 0.05) is 29.1 Å². The van der Waals surface area contributed by atoms with Crippen molar-refractivity contribution in [3.8, 4) is 0 Å². The Labute approximate surface area is 203 Å². The van der Waals surface area contributed by atoms with E-state index in [2.05, 4.69) is 116 Å². The van der Waals surface area contributed by atoms with Gasteiger partial charge in [-0.15, -0.1) is 0 Å². The van der Waals surface area contributed by atoms with Crippen LogP contribution in [0.3, 0.4) is 0 Å². The van der Waals surface area contributed by atoms with Gasteiger partial charge in [-0.25, -0.2) is 0 Å². The molecule has 2 aliphatic rings. The van der Waals surface area contributed by atoms with Crippen LogP contribution in [0.1, 0.15) is 63.7 Å². The van der Waals surface area contributed by atoms with E-state index in [0.29, 0.717) is 18.9 Å². The number of ketones is 1. The lowest BCUT2D eigenvalue weighted by atomic mass is 9.74. The highest BCUT2D eigenvalue weighted by Crippen LogP contribution is 2.48. The van der Waals surface area contributed by atoms with E-state index in [-0.39, 0.29) is 17.4 Å². The van der Waals surface area contributed by atoms with Crippen molar-refractivity contribution in [3.63, 3.8) is 0 Å². The second-order valence-corrected chi connectivity index (χ2v) is 10.7. The lowest BCUT2D eigenvalue weighted by molar-refractivity contribution is -0.118. The maximum Gasteiger partial charge on any atom is 0.162 e. The maximum absolute atomic E-state index is 13.4. The summed E-state index contributed by atoms with van der Waals surface area (Å²) in [6, 6.07) is 30.1. The molecular formula is C31H34N2O. The van der Waals surface area contributed by atoms with Gasteiger partial charge in [0.25, 0.3) is 0 Å². The first-order valence-electron chi connectivity index (χ1n) is 12.4. The van der Waals surface area contributed by atoms with Crippen LogP contribution in [0.2, 0.25) is 0 Å². The molecule has 0 N–H and O–H groups in total. The molecule has 1 unspecified atom stereocenters. The summed E-state index contributed by atoms with van der Waals surface area (Å²) in [6.45, 7) is 9.53. The highest BCUT2D eigenvalue weighted by Gasteiger charge is 2.43. The molecule has 3 heteroatoms. The Balaban J connectivity index is 1.73. The zero-order chi connectivity index (χ0) is 23.9. The molecule has 0 fully saturated rings. The standard InChI is InChI=1S/C31H34N2O/c1-22(2)23-15-17-24(18-16-23)30-32(25-11-7-5-8-12-25)21-27-28(19-31(3,4)20-29(27)34)33(30)26-13-9-6-10-14-26/h5-18,22,30H,19-21H2,1-4H3. The number of hydrogen-bond acceptors (Lipinski definition) is 3. The number of carbonyl (C=O) groups is 1. The van der Waals surface area contributed by atoms with Crippen LogP contribution in [0.4, 0.5) is 11.4 Å². The molecule has 0 aromatic heterocycles. The van der Waals surface area contributed by atoms with Gasteiger partial charge in [0.1, 0.15) is 6.17 Å². The third-order valence-corrected chi connectivity index (χ3v) is 7.15. The zero-order valence-electron chi connectivity index (χ0n) is 20.7. The minimum atomic E-state index is -0.0517. The third kappa shape index (κ3) is 4.16. The van der Waals surface area contributed by atoms with Gasteiger partial charge < -0.3 is 9.80 Å². The average molecular weight is 451 g/mol. The molecule has 0 saturated carbocycles. The van der Waals surface area contributed by atoms with Gasteiger partial charge in [-0.1, -0.05) is 88.4 Å². The van der Waals surface area contributed by atoms with Crippen LogP contribution in [0.15, 0.2) is 96.2 Å². The number of hydrogen-bond donors (Lipinski definition) is 0. The number of carbonyl (C=O) groups excluding carboxylic acids is 1. The van der Waals surface area contributed by atoms with Crippen molar-refractivity contribution < 1.29 is 4.79 Å². The maximum atomic E-state index is 13.4. The van der Waals surface area contributed by atoms with E-state index in [1.54, 1.807) is 0 Å². The molecule has 3 aromatic rings. The lowest BCUT2D eigenvalue weighted by Crippen LogP contribution is -2.51. The number of nitrogens with zero attached hydrogens (tertiary/aromatic N) is 2. The molecular weight excluding hydrogens is 416 g/mol. The third-order valence-electron chi connectivity index (χ3n) is 7.15. The molecule has 3 nitrogen and oxygen atoms in total. The normalized spacial score (nSPS) is 20.0. The van der Waals surface area contributed by atoms with Crippen LogP contribution in [0, 0.1) is 5.41 Å². The van der Waals surface area contributed by atoms with Gasteiger partial charge in [-0.3, -0.25) is 4.79 Å². The summed E-state index contributed by atoms with van der Waals surface area (Å²) in [6.07, 6.45) is 1.46. The van der Waals surface area contributed by atoms with Crippen LogP contribution in [0.25, 0.3) is 0 Å². The molecule has 0 saturated heterocycles. The number of anilines is 2. The van der Waals surface area contributed by atoms with Gasteiger partial charge in [0.2, 0.25) is 0 Å². The smallest absolute Gasteiger partial charge is 0.162 e. The Bertz CT molecular complexity index is 1190. The van der Waals surface area contributed by atoms with Gasteiger partial charge >= 0.3 is 0 Å². The second-order valence-electron chi connectivity index (χ2n) is 10.7. The molecule has 0 spiro atoms. The lowest BCUT2D eigenvalue weighted by Gasteiger charge is -2.51. The molecule has 174 valence electrons. The average Bonchev–Trinajstić information content (AvgIpc) is 2.83. The first kappa shape index (κ1) is 22.5. The number of rotatable bonds is 4. The Morgan fingerprint density at radius 2 is 1.38 bits per heavy atom. The fraction of sp³-hybridized carbons (Fsp3) is 0.323. The summed E-state index contributed by atoms with van der Waals surface area (Å²) in [5.41, 5.74) is 6.92. The predicted molar refractivity (Wildman–Crippen MR) is 141 cm³/mol. The van der Waals surface area contributed by atoms with Gasteiger partial charge in [0.05, 0.1) is 6.54 Å². The molecule has 1 aliphatic carbocycles. The summed E-state index contributed by atoms with van der Waals surface area (Å²) >= 11 is 0. The fourth-order valence-corrected chi connectivity index (χ4v) is 5.40. The van der Waals surface area contributed by atoms with E-state index in [1.165, 1.54) is 16.8 Å². The van der Waals surface area contributed by atoms with E-state index in [4.69, 9.17) is 0 Å². The van der Waals surface area contributed by atoms with E-state index < -0.39 is 0 Å². The number of allylic oxidation sites excluding steroid dienone is 1. The Kier molecular flexibility index (Phi) is 5.81. The van der Waals surface area contributed by atoms with Crippen LogP contribution in [-0.2, 0) is 4.79 Å². The van der Waals surface area contributed by atoms with Crippen molar-refractivity contribution in [1.82, 2.24) is 0 Å². The molecule has 5 rings (SSSR count). The Hall–Kier alpha value is -3.33. The number of Topliss-reactive ketones (excluding diaryl/α,β-unsaturated/α-hetero) is 1. The first-order chi connectivity index (χ1) is 16.3. The topological polar surface area (TPSA) is 23.6 Å². The minimum absolute atomic E-state index is 0.0357. The SMILES string of the molecule is CC(C)c1ccc(C2N(c3ccccc3)CC3=C(CC(C)(C)CC3=O)N2c2ccccc2)cc1. The van der Waals surface area contributed by atoms with Gasteiger partial charge in [-0.05, 0) is 53.1 Å². The zero-order valence-corrected chi connectivity index (χ0v) is 20.7. The number of para-hydroxylation sites is 2. The Morgan fingerprint density at radius 3 is 1.97 bits per heavy atom. The highest BCUT2D eigenvalue weighted by molar-refractivity contribution is 6.00. The summed E-state index contributed by atoms with van der Waals surface area (Å²) in [5, 5.41) is 0. The molecule has 3 aromatic carbocycles. The van der Waals surface area contributed by atoms with E-state index >= 15 is 0 Å². The summed E-state index contributed by atoms with van der Waals surface area (Å²) in [4.78, 5) is 18.3. The van der Waals surface area contributed by atoms with Crippen molar-refractivity contribution in [2.24, 2.45) is 5.41 Å². The predicted octanol–water partition coefficient (Wildman–Crippen LogP) is 7.48. The second kappa shape index (κ2) is 8.79. The fourth-order valence-electron chi connectivity index (χ4n) is 5.40. The van der Waals surface area contributed by atoms with E-state index in [0.717, 1.165) is 23.4 Å². The van der Waals surface area contributed by atoms with Crippen LogP contribution < -0.4 is 9.80 Å². The van der Waals surface area contributed by atoms with E-state index in [1.807, 2.05) is 6.07 Å². The molecule has 1 heterocycles. The molecule has 1 aliphatic heterocycles. The van der Waals surface area contributed by atoms with Crippen molar-refractivity contribution in [2.45, 2.75) is 52.6 Å². The number of benzene rings is 3. The summed E-state index contributed by atoms with van der Waals surface area (Å²) in [7, 11) is 0. The van der Waals surface area contributed by atoms with Crippen molar-refractivity contribution in [1.29, 1.82) is 0 Å². The molecule has 0 amide bonds. The van der Waals surface area contributed by atoms with Gasteiger partial charge in [0.15, 0.2) is 5.78 Å². The molecule has 0 bridgehead atoms. The molecule has 1 atom stereocenters. The van der Waals surface area contributed by atoms with Crippen LogP contribution in [0.5, 0.6) is 0 Å². The molecule has 0 radical (unpaired) electrons. The van der Waals surface area contributed by atoms with Crippen molar-refractivity contribution in [3.05, 3.63) is 107 Å². The monoisotopic (exact) mass is 450 g/mol. The van der Waals surface area contributed by atoms with Crippen molar-refractivity contribution in [2.75, 3.05) is 16.3 Å². The quantitative estimate of drug-likeness (QED) is 0.412. The minimum Gasteiger partial charge on any atom is -0.342 e. The summed E-state index contributed by atoms with van der Waals surface area (Å²) < 4.78 is 0. The van der Waals surface area contributed by atoms with Crippen molar-refractivity contribution >= 4 is 17.2 Å². The van der Waals surface area contributed by atoms with Crippen LogP contribution >= 0.6 is 0 Å². The largest absolute Gasteiger partial charge is 0.342 e. The van der Waals surface area contributed by atoms with E-state index in [9.17, 15) is 4.79 Å². The van der Waals surface area contributed by atoms with Gasteiger partial charge in [-0.2, -0.15) is 0 Å². The molecule has 34 heavy (non-hydrogen) atoms. The summed E-state index contributed by atoms with van der Waals surface area (Å²) in [5.74, 6) is 0.767.